The first-order chi connectivity index (χ1) is 9.58. The van der Waals surface area contributed by atoms with E-state index in [4.69, 9.17) is 0 Å². The topological polar surface area (TPSA) is 71.0 Å². The molecule has 4 N–H and O–H groups in total. The van der Waals surface area contributed by atoms with Gasteiger partial charge >= 0.3 is 0 Å². The van der Waals surface area contributed by atoms with Gasteiger partial charge in [-0.1, -0.05) is 0 Å². The van der Waals surface area contributed by atoms with Crippen LogP contribution >= 0.6 is 0 Å². The van der Waals surface area contributed by atoms with E-state index >= 15 is 0 Å². The first-order valence-corrected chi connectivity index (χ1v) is 7.80. The van der Waals surface area contributed by atoms with Crippen molar-refractivity contribution in [2.45, 2.75) is 26.1 Å². The normalized spacial score (nSPS) is 24.6. The molecule has 2 atom stereocenters. The van der Waals surface area contributed by atoms with Gasteiger partial charge in [-0.05, 0) is 13.8 Å². The number of β-amino-alcohol motifs (C(OH)–C–C–N with tert-alkyl or cyclic N) is 2. The highest BCUT2D eigenvalue weighted by Crippen LogP contribution is 1.97. The van der Waals surface area contributed by atoms with Crippen molar-refractivity contribution in [2.75, 3.05) is 65.4 Å². The average molecular weight is 288 g/mol. The third-order valence-electron chi connectivity index (χ3n) is 3.47. The van der Waals surface area contributed by atoms with Crippen molar-refractivity contribution in [1.82, 2.24) is 20.4 Å². The molecule has 1 fully saturated rings. The predicted octanol–water partition coefficient (Wildman–Crippen LogP) is -1.46. The summed E-state index contributed by atoms with van der Waals surface area (Å²) in [6, 6.07) is 0. The van der Waals surface area contributed by atoms with Gasteiger partial charge < -0.3 is 20.8 Å². The van der Waals surface area contributed by atoms with Crippen LogP contribution in [0.2, 0.25) is 0 Å². The quantitative estimate of drug-likeness (QED) is 0.507. The van der Waals surface area contributed by atoms with Crippen LogP contribution in [0.3, 0.4) is 0 Å². The predicted molar refractivity (Wildman–Crippen MR) is 82.0 cm³/mol. The van der Waals surface area contributed by atoms with Crippen LogP contribution < -0.4 is 10.6 Å². The van der Waals surface area contributed by atoms with Gasteiger partial charge in [0, 0.05) is 65.4 Å². The van der Waals surface area contributed by atoms with Crippen molar-refractivity contribution in [2.24, 2.45) is 0 Å². The minimum Gasteiger partial charge on any atom is -0.392 e. The zero-order valence-electron chi connectivity index (χ0n) is 13.0. The van der Waals surface area contributed by atoms with E-state index in [0.29, 0.717) is 13.1 Å². The fraction of sp³-hybridized carbons (Fsp3) is 1.00. The molecule has 0 aromatic heterocycles. The van der Waals surface area contributed by atoms with Crippen LogP contribution in [-0.2, 0) is 0 Å². The molecule has 0 saturated carbocycles. The molecule has 0 aromatic carbocycles. The van der Waals surface area contributed by atoms with E-state index in [1.807, 2.05) is 13.8 Å². The Morgan fingerprint density at radius 3 is 1.50 bits per heavy atom. The first-order valence-electron chi connectivity index (χ1n) is 7.80. The molecule has 120 valence electrons. The number of hydrogen-bond donors (Lipinski definition) is 4. The average Bonchev–Trinajstić information content (AvgIpc) is 2.34. The summed E-state index contributed by atoms with van der Waals surface area (Å²) in [4.78, 5) is 4.59. The van der Waals surface area contributed by atoms with Crippen LogP contribution in [0.5, 0.6) is 0 Å². The molecular formula is C14H32N4O2. The Balaban J connectivity index is 2.48. The van der Waals surface area contributed by atoms with Crippen LogP contribution in [0.25, 0.3) is 0 Å². The lowest BCUT2D eigenvalue weighted by molar-refractivity contribution is 0.0960. The van der Waals surface area contributed by atoms with Gasteiger partial charge in [-0.3, -0.25) is 9.80 Å². The second kappa shape index (κ2) is 10.5. The summed E-state index contributed by atoms with van der Waals surface area (Å²) >= 11 is 0. The molecule has 0 radical (unpaired) electrons. The van der Waals surface area contributed by atoms with Crippen molar-refractivity contribution >= 4 is 0 Å². The monoisotopic (exact) mass is 288 g/mol. The van der Waals surface area contributed by atoms with E-state index in [1.54, 1.807) is 0 Å². The Morgan fingerprint density at radius 2 is 1.15 bits per heavy atom. The molecule has 0 spiro atoms. The molecule has 0 amide bonds. The minimum absolute atomic E-state index is 0.296. The van der Waals surface area contributed by atoms with Gasteiger partial charge in [0.2, 0.25) is 0 Å². The van der Waals surface area contributed by atoms with Crippen molar-refractivity contribution in [3.05, 3.63) is 0 Å². The molecule has 1 heterocycles. The number of hydrogen-bond acceptors (Lipinski definition) is 6. The SMILES string of the molecule is CC(O)CN1CCNCCNCCN(CC(C)O)CC1. The highest BCUT2D eigenvalue weighted by atomic mass is 16.3. The highest BCUT2D eigenvalue weighted by Gasteiger charge is 2.13. The Kier molecular flexibility index (Phi) is 9.33. The lowest BCUT2D eigenvalue weighted by atomic mass is 10.3. The largest absolute Gasteiger partial charge is 0.392 e. The summed E-state index contributed by atoms with van der Waals surface area (Å²) in [5, 5.41) is 26.0. The highest BCUT2D eigenvalue weighted by molar-refractivity contribution is 4.70. The van der Waals surface area contributed by atoms with E-state index in [2.05, 4.69) is 20.4 Å². The zero-order chi connectivity index (χ0) is 14.8. The third-order valence-corrected chi connectivity index (χ3v) is 3.47. The van der Waals surface area contributed by atoms with Crippen LogP contribution in [0.4, 0.5) is 0 Å². The maximum atomic E-state index is 9.58. The molecule has 6 heteroatoms. The van der Waals surface area contributed by atoms with Crippen molar-refractivity contribution in [1.29, 1.82) is 0 Å². The molecule has 0 aliphatic carbocycles. The summed E-state index contributed by atoms with van der Waals surface area (Å²) in [6.45, 7) is 12.7. The Hall–Kier alpha value is -0.240. The van der Waals surface area contributed by atoms with Gasteiger partial charge in [-0.15, -0.1) is 0 Å². The Bertz CT molecular complexity index is 215. The molecule has 1 rings (SSSR count). The van der Waals surface area contributed by atoms with Gasteiger partial charge in [0.25, 0.3) is 0 Å². The van der Waals surface area contributed by atoms with E-state index in [0.717, 1.165) is 52.4 Å². The summed E-state index contributed by atoms with van der Waals surface area (Å²) in [6.07, 6.45) is -0.593. The number of rotatable bonds is 4. The maximum absolute atomic E-state index is 9.58. The molecule has 1 saturated heterocycles. The fourth-order valence-electron chi connectivity index (χ4n) is 2.52. The first kappa shape index (κ1) is 17.8. The zero-order valence-corrected chi connectivity index (χ0v) is 13.0. The molecular weight excluding hydrogens is 256 g/mol. The van der Waals surface area contributed by atoms with E-state index < -0.39 is 0 Å². The summed E-state index contributed by atoms with van der Waals surface area (Å²) in [7, 11) is 0. The number of nitrogens with zero attached hydrogens (tertiary/aromatic N) is 2. The van der Waals surface area contributed by atoms with Gasteiger partial charge in [0.1, 0.15) is 0 Å². The molecule has 20 heavy (non-hydrogen) atoms. The molecule has 2 unspecified atom stereocenters. The van der Waals surface area contributed by atoms with Gasteiger partial charge in [0.05, 0.1) is 12.2 Å². The lowest BCUT2D eigenvalue weighted by Gasteiger charge is -2.30. The van der Waals surface area contributed by atoms with E-state index in [1.165, 1.54) is 0 Å². The second-order valence-electron chi connectivity index (χ2n) is 5.80. The Morgan fingerprint density at radius 1 is 0.750 bits per heavy atom. The smallest absolute Gasteiger partial charge is 0.0639 e. The van der Waals surface area contributed by atoms with Crippen molar-refractivity contribution in [3.8, 4) is 0 Å². The maximum Gasteiger partial charge on any atom is 0.0639 e. The van der Waals surface area contributed by atoms with E-state index in [9.17, 15) is 10.2 Å². The second-order valence-corrected chi connectivity index (χ2v) is 5.80. The van der Waals surface area contributed by atoms with Gasteiger partial charge in [-0.25, -0.2) is 0 Å². The standard InChI is InChI=1S/C14H32N4O2/c1-13(19)11-17-7-5-15-3-4-16-6-8-18(10-9-17)12-14(2)20/h13-16,19-20H,3-12H2,1-2H3. The number of aliphatic hydroxyl groups is 2. The third kappa shape index (κ3) is 8.84. The van der Waals surface area contributed by atoms with Crippen LogP contribution in [0.15, 0.2) is 0 Å². The minimum atomic E-state index is -0.296. The summed E-state index contributed by atoms with van der Waals surface area (Å²) < 4.78 is 0. The van der Waals surface area contributed by atoms with Crippen LogP contribution in [0, 0.1) is 0 Å². The molecule has 1 aliphatic rings. The molecule has 1 aliphatic heterocycles. The van der Waals surface area contributed by atoms with Crippen molar-refractivity contribution < 1.29 is 10.2 Å². The van der Waals surface area contributed by atoms with Gasteiger partial charge in [-0.2, -0.15) is 0 Å². The van der Waals surface area contributed by atoms with Crippen LogP contribution in [-0.4, -0.2) is 97.7 Å². The molecule has 0 aromatic rings. The fourth-order valence-corrected chi connectivity index (χ4v) is 2.52. The van der Waals surface area contributed by atoms with Crippen molar-refractivity contribution in [3.63, 3.8) is 0 Å². The molecule has 0 bridgehead atoms. The number of nitrogens with one attached hydrogen (secondary N) is 2. The van der Waals surface area contributed by atoms with E-state index in [-0.39, 0.29) is 12.2 Å². The Labute approximate surface area is 123 Å². The number of aliphatic hydroxyl groups excluding tert-OH is 2. The summed E-state index contributed by atoms with van der Waals surface area (Å²) in [5.74, 6) is 0. The molecule has 6 nitrogen and oxygen atoms in total. The lowest BCUT2D eigenvalue weighted by Crippen LogP contribution is -2.46. The summed E-state index contributed by atoms with van der Waals surface area (Å²) in [5.41, 5.74) is 0. The van der Waals surface area contributed by atoms with Gasteiger partial charge in [0.15, 0.2) is 0 Å². The van der Waals surface area contributed by atoms with Crippen LogP contribution in [0.1, 0.15) is 13.8 Å².